The molecule has 0 saturated heterocycles. The molecule has 6 heteroatoms. The highest BCUT2D eigenvalue weighted by atomic mass is 16.5. The fourth-order valence-electron chi connectivity index (χ4n) is 3.54. The first-order chi connectivity index (χ1) is 13.4. The molecule has 6 nitrogen and oxygen atoms in total. The Bertz CT molecular complexity index is 1120. The van der Waals surface area contributed by atoms with Gasteiger partial charge in [0.15, 0.2) is 5.43 Å². The molecule has 1 N–H and O–H groups in total. The third-order valence-electron chi connectivity index (χ3n) is 4.76. The Kier molecular flexibility index (Phi) is 5.36. The van der Waals surface area contributed by atoms with E-state index >= 15 is 0 Å². The predicted octanol–water partition coefficient (Wildman–Crippen LogP) is 3.81. The molecule has 0 fully saturated rings. The molecule has 144 valence electrons. The minimum atomic E-state index is -0.677. The van der Waals surface area contributed by atoms with Gasteiger partial charge in [-0.2, -0.15) is 5.26 Å². The maximum absolute atomic E-state index is 12.8. The zero-order valence-electron chi connectivity index (χ0n) is 16.4. The number of nitrogens with one attached hydrogen (secondary N) is 1. The van der Waals surface area contributed by atoms with Gasteiger partial charge in [0.2, 0.25) is 0 Å². The van der Waals surface area contributed by atoms with Gasteiger partial charge in [-0.3, -0.25) is 4.79 Å². The van der Waals surface area contributed by atoms with Gasteiger partial charge < -0.3 is 14.5 Å². The molecule has 0 aliphatic carbocycles. The maximum atomic E-state index is 12.8. The van der Waals surface area contributed by atoms with Gasteiger partial charge in [0.05, 0.1) is 35.1 Å². The molecule has 1 atom stereocenters. The summed E-state index contributed by atoms with van der Waals surface area (Å²) in [6.07, 6.45) is 0.693. The van der Waals surface area contributed by atoms with Gasteiger partial charge in [-0.05, 0) is 33.3 Å². The number of aryl methyl sites for hydroxylation is 1. The van der Waals surface area contributed by atoms with E-state index in [2.05, 4.69) is 11.4 Å². The smallest absolute Gasteiger partial charge is 0.336 e. The van der Waals surface area contributed by atoms with Crippen molar-refractivity contribution in [2.24, 2.45) is 0 Å². The summed E-state index contributed by atoms with van der Waals surface area (Å²) in [5.74, 6) is -0.692. The van der Waals surface area contributed by atoms with Crippen LogP contribution in [0.1, 0.15) is 44.4 Å². The third-order valence-corrected chi connectivity index (χ3v) is 4.76. The molecule has 0 spiro atoms. The monoisotopic (exact) mass is 378 g/mol. The number of allylic oxidation sites excluding steroid dienone is 3. The maximum Gasteiger partial charge on any atom is 0.336 e. The van der Waals surface area contributed by atoms with E-state index in [9.17, 15) is 14.9 Å². The second kappa shape index (κ2) is 7.73. The van der Waals surface area contributed by atoms with E-state index in [4.69, 9.17) is 9.15 Å². The Labute approximate surface area is 163 Å². The number of nitrogens with zero attached hydrogens (tertiary/aromatic N) is 1. The molecular weight excluding hydrogens is 356 g/mol. The van der Waals surface area contributed by atoms with Crippen LogP contribution in [0.5, 0.6) is 0 Å². The van der Waals surface area contributed by atoms with Crippen molar-refractivity contribution in [3.05, 3.63) is 68.4 Å². The van der Waals surface area contributed by atoms with E-state index < -0.39 is 11.9 Å². The lowest BCUT2D eigenvalue weighted by Crippen LogP contribution is -2.29. The second-order valence-electron chi connectivity index (χ2n) is 6.83. The summed E-state index contributed by atoms with van der Waals surface area (Å²) in [4.78, 5) is 25.3. The minimum absolute atomic E-state index is 0.162. The Morgan fingerprint density at radius 3 is 2.71 bits per heavy atom. The molecule has 1 aromatic heterocycles. The number of ether oxygens (including phenoxy) is 1. The number of esters is 1. The zero-order valence-corrected chi connectivity index (χ0v) is 16.4. The topological polar surface area (TPSA) is 92.3 Å². The lowest BCUT2D eigenvalue weighted by Gasteiger charge is -2.28. The number of para-hydroxylation sites is 1. The quantitative estimate of drug-likeness (QED) is 0.813. The number of carbonyl (C=O) groups is 1. The predicted molar refractivity (Wildman–Crippen MR) is 105 cm³/mol. The molecule has 28 heavy (non-hydrogen) atoms. The zero-order chi connectivity index (χ0) is 20.4. The number of fused-ring (bicyclic) bond motifs is 1. The van der Waals surface area contributed by atoms with Crippen molar-refractivity contribution in [1.29, 1.82) is 5.26 Å². The van der Waals surface area contributed by atoms with Crippen molar-refractivity contribution >= 4 is 16.9 Å². The van der Waals surface area contributed by atoms with Gasteiger partial charge in [0.1, 0.15) is 11.3 Å². The van der Waals surface area contributed by atoms with Crippen LogP contribution in [-0.4, -0.2) is 12.6 Å². The van der Waals surface area contributed by atoms with Crippen molar-refractivity contribution in [3.8, 4) is 6.07 Å². The van der Waals surface area contributed by atoms with E-state index in [1.807, 2.05) is 6.92 Å². The number of hydrogen-bond acceptors (Lipinski definition) is 6. The van der Waals surface area contributed by atoms with E-state index in [0.29, 0.717) is 51.3 Å². The normalized spacial score (nSPS) is 16.8. The summed E-state index contributed by atoms with van der Waals surface area (Å²) in [6.45, 7) is 7.47. The Hall–Kier alpha value is -3.33. The van der Waals surface area contributed by atoms with Crippen LogP contribution in [-0.2, 0) is 9.53 Å². The molecular formula is C22H22N2O4. The largest absolute Gasteiger partial charge is 0.462 e. The van der Waals surface area contributed by atoms with Crippen molar-refractivity contribution in [2.75, 3.05) is 6.61 Å². The van der Waals surface area contributed by atoms with Crippen LogP contribution in [0.3, 0.4) is 0 Å². The van der Waals surface area contributed by atoms with E-state index in [0.717, 1.165) is 0 Å². The summed E-state index contributed by atoms with van der Waals surface area (Å²) in [7, 11) is 0. The summed E-state index contributed by atoms with van der Waals surface area (Å²) in [5.41, 5.74) is 2.84. The Morgan fingerprint density at radius 2 is 2.04 bits per heavy atom. The second-order valence-corrected chi connectivity index (χ2v) is 6.83. The first-order valence-corrected chi connectivity index (χ1v) is 9.18. The summed E-state index contributed by atoms with van der Waals surface area (Å²) in [6, 6.07) is 8.84. The summed E-state index contributed by atoms with van der Waals surface area (Å²) < 4.78 is 11.3. The first-order valence-electron chi connectivity index (χ1n) is 9.18. The van der Waals surface area contributed by atoms with Crippen LogP contribution in [0.25, 0.3) is 11.0 Å². The van der Waals surface area contributed by atoms with Crippen LogP contribution >= 0.6 is 0 Å². The van der Waals surface area contributed by atoms with Crippen LogP contribution < -0.4 is 10.7 Å². The van der Waals surface area contributed by atoms with Gasteiger partial charge in [0, 0.05) is 23.0 Å². The van der Waals surface area contributed by atoms with Gasteiger partial charge in [0.25, 0.3) is 0 Å². The lowest BCUT2D eigenvalue weighted by atomic mass is 9.80. The van der Waals surface area contributed by atoms with E-state index in [1.165, 1.54) is 6.07 Å². The Balaban J connectivity index is 2.30. The standard InChI is InChI=1S/C22H22N2O4/c1-5-9-27-22(26)19-14(4)24-13(3)17(11-23)20(19)16-8-6-7-15-18(25)10-12(2)28-21(15)16/h6-8,10,20,24H,5,9H2,1-4H3/t20-/m1/s1. The summed E-state index contributed by atoms with van der Waals surface area (Å²) >= 11 is 0. The van der Waals surface area contributed by atoms with Crippen molar-refractivity contribution in [3.63, 3.8) is 0 Å². The molecule has 2 heterocycles. The number of rotatable bonds is 4. The molecule has 2 aromatic rings. The van der Waals surface area contributed by atoms with E-state index in [1.54, 1.807) is 39.0 Å². The number of hydrogen-bond donors (Lipinski definition) is 1. The average molecular weight is 378 g/mol. The van der Waals surface area contributed by atoms with E-state index in [-0.39, 0.29) is 12.0 Å². The molecule has 0 amide bonds. The van der Waals surface area contributed by atoms with Crippen LogP contribution in [0.15, 0.2) is 56.0 Å². The van der Waals surface area contributed by atoms with Gasteiger partial charge in [-0.15, -0.1) is 0 Å². The molecule has 0 saturated carbocycles. The number of carbonyl (C=O) groups excluding carboxylic acids is 1. The highest BCUT2D eigenvalue weighted by Crippen LogP contribution is 2.40. The molecule has 3 rings (SSSR count). The molecule has 1 aromatic carbocycles. The highest BCUT2D eigenvalue weighted by molar-refractivity contribution is 5.94. The SMILES string of the molecule is CCCOC(=O)C1=C(C)NC(C)=C(C#N)[C@H]1c1cccc2c(=O)cc(C)oc12. The minimum Gasteiger partial charge on any atom is -0.462 e. The highest BCUT2D eigenvalue weighted by Gasteiger charge is 2.35. The fraction of sp³-hybridized carbons (Fsp3) is 0.318. The average Bonchev–Trinajstić information content (AvgIpc) is 2.65. The molecule has 1 aliphatic heterocycles. The number of nitriles is 1. The molecule has 0 bridgehead atoms. The third kappa shape index (κ3) is 3.31. The van der Waals surface area contributed by atoms with Crippen molar-refractivity contribution in [1.82, 2.24) is 5.32 Å². The first kappa shape index (κ1) is 19.4. The Morgan fingerprint density at radius 1 is 1.29 bits per heavy atom. The van der Waals surface area contributed by atoms with Gasteiger partial charge >= 0.3 is 5.97 Å². The summed E-state index contributed by atoms with van der Waals surface area (Å²) in [5, 5.41) is 13.3. The van der Waals surface area contributed by atoms with Crippen molar-refractivity contribution < 1.29 is 13.9 Å². The van der Waals surface area contributed by atoms with Crippen LogP contribution in [0.2, 0.25) is 0 Å². The fourth-order valence-corrected chi connectivity index (χ4v) is 3.54. The van der Waals surface area contributed by atoms with Gasteiger partial charge in [-0.25, -0.2) is 4.79 Å². The van der Waals surface area contributed by atoms with Crippen LogP contribution in [0, 0.1) is 18.3 Å². The van der Waals surface area contributed by atoms with Crippen molar-refractivity contribution in [2.45, 2.75) is 40.0 Å². The lowest BCUT2D eigenvalue weighted by molar-refractivity contribution is -0.139. The van der Waals surface area contributed by atoms with Gasteiger partial charge in [-0.1, -0.05) is 19.1 Å². The molecule has 1 aliphatic rings. The van der Waals surface area contributed by atoms with Crippen LogP contribution in [0.4, 0.5) is 0 Å². The number of dihydropyridines is 1. The molecule has 0 unspecified atom stereocenters. The molecule has 0 radical (unpaired) electrons. The number of benzene rings is 1.